The Hall–Kier alpha value is -3.87. The minimum atomic E-state index is -0.919. The number of amides is 2. The fourth-order valence-corrected chi connectivity index (χ4v) is 2.71. The number of benzene rings is 2. The molecule has 2 aromatic carbocycles. The lowest BCUT2D eigenvalue weighted by Gasteiger charge is -2.19. The van der Waals surface area contributed by atoms with Gasteiger partial charge in [-0.25, -0.2) is 0 Å². The van der Waals surface area contributed by atoms with Crippen molar-refractivity contribution >= 4 is 17.5 Å². The van der Waals surface area contributed by atoms with Crippen molar-refractivity contribution in [3.63, 3.8) is 0 Å². The zero-order valence-corrected chi connectivity index (χ0v) is 16.1. The molecule has 3 aromatic rings. The summed E-state index contributed by atoms with van der Waals surface area (Å²) >= 11 is 0. The lowest BCUT2D eigenvalue weighted by Crippen LogP contribution is -2.37. The summed E-state index contributed by atoms with van der Waals surface area (Å²) in [4.78, 5) is 39.2. The lowest BCUT2D eigenvalue weighted by atomic mass is 10.0. The van der Waals surface area contributed by atoms with E-state index in [0.717, 1.165) is 5.56 Å². The van der Waals surface area contributed by atoms with Gasteiger partial charge in [-0.05, 0) is 42.8 Å². The largest absolute Gasteiger partial charge is 0.497 e. The molecule has 1 aromatic heterocycles. The number of hydrogen-bond donors (Lipinski definition) is 3. The summed E-state index contributed by atoms with van der Waals surface area (Å²) in [7, 11) is 1.56. The van der Waals surface area contributed by atoms with E-state index in [1.54, 1.807) is 43.5 Å². The zero-order valence-electron chi connectivity index (χ0n) is 16.1. The lowest BCUT2D eigenvalue weighted by molar-refractivity contribution is -0.118. The molecule has 0 saturated heterocycles. The molecular weight excluding hydrogens is 370 g/mol. The van der Waals surface area contributed by atoms with Crippen molar-refractivity contribution in [3.05, 3.63) is 93.9 Å². The Labute approximate surface area is 167 Å². The number of carbonyl (C=O) groups excluding carboxylic acids is 2. The molecule has 3 rings (SSSR count). The van der Waals surface area contributed by atoms with Gasteiger partial charge in [0.2, 0.25) is 5.56 Å². The van der Waals surface area contributed by atoms with Gasteiger partial charge < -0.3 is 20.4 Å². The van der Waals surface area contributed by atoms with Crippen LogP contribution in [0.4, 0.5) is 5.69 Å². The van der Waals surface area contributed by atoms with Crippen LogP contribution in [0.3, 0.4) is 0 Å². The molecule has 7 heteroatoms. The number of rotatable bonds is 6. The Balaban J connectivity index is 1.84. The second-order valence-electron chi connectivity index (χ2n) is 6.48. The SMILES string of the molecule is COc1ccc(NC(=O)[C@H](NC(=O)c2ccc(=O)[nH]c2)c2ccc(C)cc2)cc1. The van der Waals surface area contributed by atoms with Crippen LogP contribution in [-0.4, -0.2) is 23.9 Å². The van der Waals surface area contributed by atoms with Crippen LogP contribution in [0.1, 0.15) is 27.5 Å². The molecular formula is C22H21N3O4. The quantitative estimate of drug-likeness (QED) is 0.601. The van der Waals surface area contributed by atoms with Crippen LogP contribution in [0.5, 0.6) is 5.75 Å². The van der Waals surface area contributed by atoms with Crippen molar-refractivity contribution in [1.82, 2.24) is 10.3 Å². The van der Waals surface area contributed by atoms with Crippen molar-refractivity contribution in [2.75, 3.05) is 12.4 Å². The first-order valence-corrected chi connectivity index (χ1v) is 8.97. The van der Waals surface area contributed by atoms with E-state index < -0.39 is 17.9 Å². The highest BCUT2D eigenvalue weighted by Crippen LogP contribution is 2.20. The van der Waals surface area contributed by atoms with Gasteiger partial charge in [-0.3, -0.25) is 14.4 Å². The van der Waals surface area contributed by atoms with E-state index in [2.05, 4.69) is 15.6 Å². The van der Waals surface area contributed by atoms with Gasteiger partial charge in [-0.1, -0.05) is 29.8 Å². The standard InChI is InChI=1S/C22H21N3O4/c1-14-3-5-15(6-4-14)20(25-21(27)16-7-12-19(26)23-13-16)22(28)24-17-8-10-18(29-2)11-9-17/h3-13,20H,1-2H3,(H,23,26)(H,24,28)(H,25,27)/t20-/m1/s1. The van der Waals surface area contributed by atoms with E-state index in [0.29, 0.717) is 17.0 Å². The summed E-state index contributed by atoms with van der Waals surface area (Å²) in [5.74, 6) is -0.196. The molecule has 2 amide bonds. The number of ether oxygens (including phenoxy) is 1. The number of pyridine rings is 1. The Morgan fingerprint density at radius 3 is 2.24 bits per heavy atom. The van der Waals surface area contributed by atoms with Gasteiger partial charge in [0, 0.05) is 18.0 Å². The molecule has 0 fully saturated rings. The molecule has 7 nitrogen and oxygen atoms in total. The van der Waals surface area contributed by atoms with Gasteiger partial charge in [0.25, 0.3) is 11.8 Å². The van der Waals surface area contributed by atoms with Gasteiger partial charge >= 0.3 is 0 Å². The minimum Gasteiger partial charge on any atom is -0.497 e. The van der Waals surface area contributed by atoms with Crippen LogP contribution in [0.25, 0.3) is 0 Å². The predicted molar refractivity (Wildman–Crippen MR) is 110 cm³/mol. The number of hydrogen-bond acceptors (Lipinski definition) is 4. The first-order valence-electron chi connectivity index (χ1n) is 8.97. The summed E-state index contributed by atoms with van der Waals surface area (Å²) < 4.78 is 5.12. The normalized spacial score (nSPS) is 11.4. The van der Waals surface area contributed by atoms with E-state index >= 15 is 0 Å². The van der Waals surface area contributed by atoms with E-state index in [-0.39, 0.29) is 11.1 Å². The Bertz CT molecular complexity index is 1040. The third-order valence-electron chi connectivity index (χ3n) is 4.35. The average Bonchev–Trinajstić information content (AvgIpc) is 2.73. The predicted octanol–water partition coefficient (Wildman–Crippen LogP) is 2.80. The van der Waals surface area contributed by atoms with E-state index in [4.69, 9.17) is 4.74 Å². The smallest absolute Gasteiger partial charge is 0.253 e. The van der Waals surface area contributed by atoms with Crippen LogP contribution in [0.2, 0.25) is 0 Å². The first-order chi connectivity index (χ1) is 14.0. The second kappa shape index (κ2) is 8.88. The third kappa shape index (κ3) is 5.10. The van der Waals surface area contributed by atoms with Gasteiger partial charge in [0.1, 0.15) is 11.8 Å². The van der Waals surface area contributed by atoms with Gasteiger partial charge in [-0.15, -0.1) is 0 Å². The zero-order chi connectivity index (χ0) is 20.8. The summed E-state index contributed by atoms with van der Waals surface area (Å²) in [6.45, 7) is 1.94. The maximum Gasteiger partial charge on any atom is 0.253 e. The fourth-order valence-electron chi connectivity index (χ4n) is 2.71. The van der Waals surface area contributed by atoms with Crippen molar-refractivity contribution in [2.45, 2.75) is 13.0 Å². The van der Waals surface area contributed by atoms with Crippen LogP contribution in [0, 0.1) is 6.92 Å². The second-order valence-corrected chi connectivity index (χ2v) is 6.48. The van der Waals surface area contributed by atoms with Gasteiger partial charge in [0.05, 0.1) is 12.7 Å². The highest BCUT2D eigenvalue weighted by Gasteiger charge is 2.23. The molecule has 3 N–H and O–H groups in total. The molecule has 1 heterocycles. The number of nitrogens with one attached hydrogen (secondary N) is 3. The minimum absolute atomic E-state index is 0.249. The topological polar surface area (TPSA) is 100 Å². The molecule has 0 unspecified atom stereocenters. The van der Waals surface area contributed by atoms with Crippen molar-refractivity contribution < 1.29 is 14.3 Å². The molecule has 0 aliphatic rings. The highest BCUT2D eigenvalue weighted by atomic mass is 16.5. The molecule has 29 heavy (non-hydrogen) atoms. The van der Waals surface area contributed by atoms with Crippen molar-refractivity contribution in [2.24, 2.45) is 0 Å². The molecule has 148 valence electrons. The maximum absolute atomic E-state index is 13.0. The molecule has 0 saturated carbocycles. The molecule has 0 bridgehead atoms. The number of aromatic amines is 1. The average molecular weight is 391 g/mol. The van der Waals surface area contributed by atoms with Gasteiger partial charge in [-0.2, -0.15) is 0 Å². The highest BCUT2D eigenvalue weighted by molar-refractivity contribution is 6.01. The Morgan fingerprint density at radius 1 is 0.966 bits per heavy atom. The van der Waals surface area contributed by atoms with Crippen molar-refractivity contribution in [1.29, 1.82) is 0 Å². The third-order valence-corrected chi connectivity index (χ3v) is 4.35. The van der Waals surface area contributed by atoms with Gasteiger partial charge in [0.15, 0.2) is 0 Å². The van der Waals surface area contributed by atoms with Crippen molar-refractivity contribution in [3.8, 4) is 5.75 Å². The number of anilines is 1. The number of aryl methyl sites for hydroxylation is 1. The summed E-state index contributed by atoms with van der Waals surface area (Å²) in [6, 6.07) is 16.0. The molecule has 1 atom stereocenters. The fraction of sp³-hybridized carbons (Fsp3) is 0.136. The first kappa shape index (κ1) is 19.9. The van der Waals surface area contributed by atoms with E-state index in [9.17, 15) is 14.4 Å². The number of methoxy groups -OCH3 is 1. The Morgan fingerprint density at radius 2 is 1.66 bits per heavy atom. The number of aromatic nitrogens is 1. The number of carbonyl (C=O) groups is 2. The van der Waals surface area contributed by atoms with E-state index in [1.165, 1.54) is 18.3 Å². The monoisotopic (exact) mass is 391 g/mol. The van der Waals surface area contributed by atoms with Crippen LogP contribution < -0.4 is 20.9 Å². The molecule has 0 spiro atoms. The number of H-pyrrole nitrogens is 1. The van der Waals surface area contributed by atoms with Crippen LogP contribution in [-0.2, 0) is 4.79 Å². The van der Waals surface area contributed by atoms with Crippen LogP contribution in [0.15, 0.2) is 71.7 Å². The molecule has 0 aliphatic carbocycles. The summed E-state index contributed by atoms with van der Waals surface area (Å²) in [5.41, 5.74) is 2.19. The molecule has 0 radical (unpaired) electrons. The summed E-state index contributed by atoms with van der Waals surface area (Å²) in [6.07, 6.45) is 1.31. The Kier molecular flexibility index (Phi) is 6.09. The van der Waals surface area contributed by atoms with Crippen LogP contribution >= 0.6 is 0 Å². The summed E-state index contributed by atoms with van der Waals surface area (Å²) in [5, 5.41) is 5.54. The van der Waals surface area contributed by atoms with E-state index in [1.807, 2.05) is 19.1 Å². The maximum atomic E-state index is 13.0. The molecule has 0 aliphatic heterocycles.